The highest BCUT2D eigenvalue weighted by Crippen LogP contribution is 2.51. The number of rotatable bonds is 8. The number of esters is 1. The lowest BCUT2D eigenvalue weighted by Gasteiger charge is -2.27. The van der Waals surface area contributed by atoms with Crippen molar-refractivity contribution < 1.29 is 28.5 Å². The minimum Gasteiger partial charge on any atom is -0.497 e. The summed E-state index contributed by atoms with van der Waals surface area (Å²) in [7, 11) is 6.17. The van der Waals surface area contributed by atoms with Gasteiger partial charge in [-0.05, 0) is 73.6 Å². The lowest BCUT2D eigenvalue weighted by molar-refractivity contribution is -0.141. The number of benzene rings is 2. The van der Waals surface area contributed by atoms with Crippen LogP contribution in [0.4, 0.5) is 0 Å². The maximum Gasteiger partial charge on any atom is 0.325 e. The van der Waals surface area contributed by atoms with Gasteiger partial charge in [0.05, 0.1) is 28.4 Å². The van der Waals surface area contributed by atoms with Crippen LogP contribution in [-0.2, 0) is 21.6 Å². The van der Waals surface area contributed by atoms with Crippen molar-refractivity contribution in [2.45, 2.75) is 58.0 Å². The lowest BCUT2D eigenvalue weighted by Crippen LogP contribution is -2.30. The van der Waals surface area contributed by atoms with Crippen LogP contribution < -0.4 is 19.5 Å². The number of ether oxygens (including phenoxy) is 4. The number of carbonyl (C=O) groups is 2. The number of nitrogens with one attached hydrogen (secondary N) is 1. The molecule has 1 aliphatic heterocycles. The highest BCUT2D eigenvalue weighted by atomic mass is 32.2. The van der Waals surface area contributed by atoms with Crippen LogP contribution in [0.15, 0.2) is 41.4 Å². The number of amidine groups is 1. The number of thioether (sulfide) groups is 1. The molecule has 3 unspecified atom stereocenters. The molecule has 0 saturated heterocycles. The van der Waals surface area contributed by atoms with E-state index < -0.39 is 11.5 Å². The summed E-state index contributed by atoms with van der Waals surface area (Å²) in [5.74, 6) is 4.36. The molecule has 2 fully saturated rings. The molecule has 6 rings (SSSR count). The number of aryl methyl sites for hydroxylation is 1. The summed E-state index contributed by atoms with van der Waals surface area (Å²) in [4.78, 5) is 30.6. The van der Waals surface area contributed by atoms with Gasteiger partial charge in [-0.25, -0.2) is 4.99 Å². The molecular weight excluding hydrogens is 566 g/mol. The predicted octanol–water partition coefficient (Wildman–Crippen LogP) is 6.09. The monoisotopic (exact) mass is 607 g/mol. The first-order valence-electron chi connectivity index (χ1n) is 14.8. The summed E-state index contributed by atoms with van der Waals surface area (Å²) in [6.45, 7) is 3.92. The van der Waals surface area contributed by atoms with Crippen molar-refractivity contribution >= 4 is 39.7 Å². The van der Waals surface area contributed by atoms with E-state index in [2.05, 4.69) is 12.2 Å². The standard InChI is InChI=1S/C27H31N3O6S.C6H10/c1-7-27(19-13-22(34-4)16(2)10-23(19)35-5)15-37-26(29-27)28-25(32)21-12-17-11-18(33-3)8-9-20(17)30(21)14-24(31)36-6;1-2-5-4-6(5)3-1/h8-13H,7,14-15H2,1-6H3,(H,28,29,32);5-6H,1-4H2. The van der Waals surface area contributed by atoms with Gasteiger partial charge in [0.25, 0.3) is 5.91 Å². The van der Waals surface area contributed by atoms with Crippen LogP contribution in [-0.4, -0.2) is 55.8 Å². The number of aromatic nitrogens is 1. The van der Waals surface area contributed by atoms with Crippen molar-refractivity contribution in [3.63, 3.8) is 0 Å². The molecule has 10 heteroatoms. The molecule has 0 spiro atoms. The third-order valence-corrected chi connectivity index (χ3v) is 9.95. The highest BCUT2D eigenvalue weighted by molar-refractivity contribution is 8.14. The molecule has 0 radical (unpaired) electrons. The number of nitrogens with zero attached hydrogens (tertiary/aromatic N) is 2. The fourth-order valence-electron chi connectivity index (χ4n) is 6.18. The van der Waals surface area contributed by atoms with E-state index in [1.807, 2.05) is 31.2 Å². The van der Waals surface area contributed by atoms with Crippen LogP contribution in [0.25, 0.3) is 10.9 Å². The van der Waals surface area contributed by atoms with Gasteiger partial charge >= 0.3 is 5.97 Å². The molecular formula is C33H41N3O6S. The van der Waals surface area contributed by atoms with Crippen molar-refractivity contribution in [3.05, 3.63) is 53.2 Å². The van der Waals surface area contributed by atoms with Gasteiger partial charge < -0.3 is 23.5 Å². The molecule has 2 aliphatic carbocycles. The summed E-state index contributed by atoms with van der Waals surface area (Å²) >= 11 is 1.47. The lowest BCUT2D eigenvalue weighted by atomic mass is 9.88. The zero-order valence-corrected chi connectivity index (χ0v) is 26.6. The minimum absolute atomic E-state index is 0.103. The Hall–Kier alpha value is -3.66. The molecule has 0 bridgehead atoms. The SMILES string of the molecule is C1CC2CC2C1.CCC1(c2cc(OC)c(C)cc2OC)CSC(NC(=O)c2cc3cc(OC)ccc3n2CC(=O)OC)=N1. The van der Waals surface area contributed by atoms with Crippen LogP contribution in [0.2, 0.25) is 0 Å². The molecule has 3 atom stereocenters. The van der Waals surface area contributed by atoms with Crippen LogP contribution in [0.1, 0.15) is 60.6 Å². The number of fused-ring (bicyclic) bond motifs is 2. The molecule has 230 valence electrons. The van der Waals surface area contributed by atoms with Gasteiger partial charge in [0.1, 0.15) is 35.0 Å². The maximum absolute atomic E-state index is 13.5. The van der Waals surface area contributed by atoms with Crippen LogP contribution in [0.3, 0.4) is 0 Å². The fraction of sp³-hybridized carbons (Fsp3) is 0.485. The number of hydrogen-bond acceptors (Lipinski definition) is 8. The zero-order chi connectivity index (χ0) is 30.7. The molecule has 43 heavy (non-hydrogen) atoms. The summed E-state index contributed by atoms with van der Waals surface area (Å²) < 4.78 is 23.1. The van der Waals surface area contributed by atoms with Gasteiger partial charge in [-0.15, -0.1) is 0 Å². The second-order valence-corrected chi connectivity index (χ2v) is 12.3. The fourth-order valence-corrected chi connectivity index (χ4v) is 7.39. The Morgan fingerprint density at radius 2 is 1.77 bits per heavy atom. The summed E-state index contributed by atoms with van der Waals surface area (Å²) in [5, 5.41) is 4.22. The molecule has 9 nitrogen and oxygen atoms in total. The largest absolute Gasteiger partial charge is 0.497 e. The smallest absolute Gasteiger partial charge is 0.325 e. The Balaban J connectivity index is 0.000000537. The van der Waals surface area contributed by atoms with E-state index in [0.29, 0.717) is 28.8 Å². The molecule has 1 N–H and O–H groups in total. The molecule has 3 aromatic rings. The first-order valence-corrected chi connectivity index (χ1v) is 15.8. The van der Waals surface area contributed by atoms with E-state index in [1.165, 1.54) is 37.1 Å². The Morgan fingerprint density at radius 3 is 2.35 bits per heavy atom. The topological polar surface area (TPSA) is 100 Å². The number of methoxy groups -OCH3 is 4. The van der Waals surface area contributed by atoms with Gasteiger partial charge in [-0.2, -0.15) is 0 Å². The van der Waals surface area contributed by atoms with Gasteiger partial charge in [0.2, 0.25) is 0 Å². The zero-order valence-electron chi connectivity index (χ0n) is 25.8. The number of amides is 1. The van der Waals surface area contributed by atoms with E-state index in [9.17, 15) is 9.59 Å². The molecule has 2 aromatic carbocycles. The van der Waals surface area contributed by atoms with Crippen molar-refractivity contribution in [2.75, 3.05) is 34.2 Å². The maximum atomic E-state index is 13.5. The molecule has 3 aliphatic rings. The molecule has 1 aromatic heterocycles. The quantitative estimate of drug-likeness (QED) is 0.309. The van der Waals surface area contributed by atoms with E-state index >= 15 is 0 Å². The third-order valence-electron chi connectivity index (χ3n) is 8.86. The van der Waals surface area contributed by atoms with Gasteiger partial charge in [-0.3, -0.25) is 14.9 Å². The molecule has 1 amide bonds. The Kier molecular flexibility index (Phi) is 9.25. The predicted molar refractivity (Wildman–Crippen MR) is 170 cm³/mol. The van der Waals surface area contributed by atoms with Crippen LogP contribution in [0.5, 0.6) is 17.2 Å². The normalized spacial score (nSPS) is 21.8. The van der Waals surface area contributed by atoms with Crippen molar-refractivity contribution in [1.82, 2.24) is 9.88 Å². The average molecular weight is 608 g/mol. The van der Waals surface area contributed by atoms with E-state index in [0.717, 1.165) is 33.5 Å². The summed E-state index contributed by atoms with van der Waals surface area (Å²) in [6, 6.07) is 11.1. The Morgan fingerprint density at radius 1 is 1.02 bits per heavy atom. The third kappa shape index (κ3) is 6.34. The van der Waals surface area contributed by atoms with E-state index in [-0.39, 0.29) is 12.5 Å². The van der Waals surface area contributed by atoms with Gasteiger partial charge in [0.15, 0.2) is 5.17 Å². The first kappa shape index (κ1) is 30.8. The number of aliphatic imine (C=N–C) groups is 1. The van der Waals surface area contributed by atoms with Gasteiger partial charge in [0, 0.05) is 22.2 Å². The van der Waals surface area contributed by atoms with Crippen molar-refractivity contribution in [2.24, 2.45) is 16.8 Å². The minimum atomic E-state index is -0.592. The number of hydrogen-bond donors (Lipinski definition) is 1. The second kappa shape index (κ2) is 12.9. The average Bonchev–Trinajstić information content (AvgIpc) is 3.32. The summed E-state index contributed by atoms with van der Waals surface area (Å²) in [5.41, 5.74) is 2.32. The van der Waals surface area contributed by atoms with Crippen molar-refractivity contribution in [1.29, 1.82) is 0 Å². The van der Waals surface area contributed by atoms with Crippen LogP contribution in [0, 0.1) is 18.8 Å². The van der Waals surface area contributed by atoms with Crippen molar-refractivity contribution in [3.8, 4) is 17.2 Å². The number of carbonyl (C=O) groups excluding carboxylic acids is 2. The Bertz CT molecular complexity index is 1540. The Labute approximate surface area is 257 Å². The highest BCUT2D eigenvalue weighted by Gasteiger charge is 2.40. The van der Waals surface area contributed by atoms with Gasteiger partial charge in [-0.1, -0.05) is 37.9 Å². The van der Waals surface area contributed by atoms with E-state index in [4.69, 9.17) is 23.9 Å². The van der Waals surface area contributed by atoms with E-state index in [1.54, 1.807) is 57.3 Å². The summed E-state index contributed by atoms with van der Waals surface area (Å²) in [6.07, 6.45) is 6.94. The van der Waals surface area contributed by atoms with Crippen LogP contribution >= 0.6 is 11.8 Å². The molecule has 2 saturated carbocycles. The second-order valence-electron chi connectivity index (χ2n) is 11.4. The first-order chi connectivity index (χ1) is 20.7. The molecule has 2 heterocycles.